The molecule has 0 atom stereocenters. The molecule has 0 unspecified atom stereocenters. The zero-order valence-corrected chi connectivity index (χ0v) is 9.47. The van der Waals surface area contributed by atoms with Gasteiger partial charge < -0.3 is 5.11 Å². The van der Waals surface area contributed by atoms with Crippen molar-refractivity contribution in [1.29, 1.82) is 0 Å². The maximum atomic E-state index is 11.7. The Morgan fingerprint density at radius 1 is 1.33 bits per heavy atom. The maximum absolute atomic E-state index is 11.7. The third kappa shape index (κ3) is 1.78. The first-order chi connectivity index (χ1) is 7.09. The van der Waals surface area contributed by atoms with E-state index < -0.39 is 0 Å². The third-order valence-electron chi connectivity index (χ3n) is 2.06. The van der Waals surface area contributed by atoms with Crippen molar-refractivity contribution < 1.29 is 5.11 Å². The monoisotopic (exact) mass is 241 g/mol. The Morgan fingerprint density at radius 2 is 1.93 bits per heavy atom. The van der Waals surface area contributed by atoms with E-state index in [4.69, 9.17) is 16.7 Å². The highest BCUT2D eigenvalue weighted by Crippen LogP contribution is 2.22. The molecule has 15 heavy (non-hydrogen) atoms. The lowest BCUT2D eigenvalue weighted by Crippen LogP contribution is -2.12. The lowest BCUT2D eigenvalue weighted by atomic mass is 10.3. The van der Waals surface area contributed by atoms with E-state index in [0.717, 1.165) is 0 Å². The Kier molecular flexibility index (Phi) is 2.54. The molecule has 0 spiro atoms. The lowest BCUT2D eigenvalue weighted by Gasteiger charge is -1.99. The fourth-order valence-corrected chi connectivity index (χ4v) is 2.30. The average Bonchev–Trinajstić information content (AvgIpc) is 2.47. The summed E-state index contributed by atoms with van der Waals surface area (Å²) >= 11 is 7.05. The summed E-state index contributed by atoms with van der Waals surface area (Å²) in [7, 11) is 0. The van der Waals surface area contributed by atoms with Gasteiger partial charge in [-0.05, 0) is 42.7 Å². The van der Waals surface area contributed by atoms with Gasteiger partial charge in [0.25, 0.3) is 5.56 Å². The number of phenols is 1. The molecule has 0 radical (unpaired) electrons. The normalized spacial score (nSPS) is 10.5. The minimum absolute atomic E-state index is 0.115. The van der Waals surface area contributed by atoms with Crippen LogP contribution in [0.5, 0.6) is 5.75 Å². The second-order valence-electron chi connectivity index (χ2n) is 3.11. The van der Waals surface area contributed by atoms with Crippen molar-refractivity contribution in [3.63, 3.8) is 0 Å². The summed E-state index contributed by atoms with van der Waals surface area (Å²) in [5.41, 5.74) is 1.14. The van der Waals surface area contributed by atoms with Gasteiger partial charge in [-0.15, -0.1) is 0 Å². The molecule has 2 rings (SSSR count). The van der Waals surface area contributed by atoms with E-state index in [0.29, 0.717) is 15.6 Å². The summed E-state index contributed by atoms with van der Waals surface area (Å²) in [6.45, 7) is 1.69. The number of hydrogen-bond donors (Lipinski definition) is 1. The van der Waals surface area contributed by atoms with Gasteiger partial charge >= 0.3 is 0 Å². The van der Waals surface area contributed by atoms with Crippen LogP contribution in [0.3, 0.4) is 0 Å². The first-order valence-electron chi connectivity index (χ1n) is 4.27. The number of aromatic nitrogens is 1. The Labute approximate surface area is 95.3 Å². The topological polar surface area (TPSA) is 42.2 Å². The Bertz CT molecular complexity index is 542. The number of hydrogen-bond acceptors (Lipinski definition) is 3. The summed E-state index contributed by atoms with van der Waals surface area (Å²) in [5, 5.41) is 9.12. The highest BCUT2D eigenvalue weighted by atomic mass is 35.5. The van der Waals surface area contributed by atoms with Gasteiger partial charge in [0.2, 0.25) is 0 Å². The Hall–Kier alpha value is -1.26. The average molecular weight is 242 g/mol. The van der Waals surface area contributed by atoms with E-state index in [1.807, 2.05) is 0 Å². The molecular formula is C10H8ClNO2S. The second kappa shape index (κ2) is 3.72. The first-order valence-corrected chi connectivity index (χ1v) is 5.42. The summed E-state index contributed by atoms with van der Waals surface area (Å²) in [6.07, 6.45) is 0. The van der Waals surface area contributed by atoms with Gasteiger partial charge in [0.05, 0.1) is 5.69 Å². The van der Waals surface area contributed by atoms with Crippen LogP contribution in [0.25, 0.3) is 5.69 Å². The lowest BCUT2D eigenvalue weighted by molar-refractivity contribution is 0.475. The van der Waals surface area contributed by atoms with Crippen LogP contribution in [0.15, 0.2) is 29.1 Å². The molecule has 78 valence electrons. The van der Waals surface area contributed by atoms with Gasteiger partial charge in [-0.1, -0.05) is 11.6 Å². The van der Waals surface area contributed by atoms with Gasteiger partial charge in [0.1, 0.15) is 10.1 Å². The highest BCUT2D eigenvalue weighted by Gasteiger charge is 2.10. The van der Waals surface area contributed by atoms with Crippen LogP contribution in [0.1, 0.15) is 5.56 Å². The predicted molar refractivity (Wildman–Crippen MR) is 61.3 cm³/mol. The molecule has 0 saturated carbocycles. The highest BCUT2D eigenvalue weighted by molar-refractivity contribution is 7.11. The number of benzene rings is 1. The standard InChI is InChI=1S/C10H8ClNO2S/c1-6-9(11)15-12(10(6)14)7-2-4-8(13)5-3-7/h2-5,13H,1H3. The van der Waals surface area contributed by atoms with Crippen molar-refractivity contribution in [2.75, 3.05) is 0 Å². The number of rotatable bonds is 1. The third-order valence-corrected chi connectivity index (χ3v) is 3.57. The fourth-order valence-electron chi connectivity index (χ4n) is 1.18. The van der Waals surface area contributed by atoms with Gasteiger partial charge in [0.15, 0.2) is 0 Å². The first kappa shape index (κ1) is 10.3. The van der Waals surface area contributed by atoms with E-state index in [9.17, 15) is 4.79 Å². The molecule has 1 N–H and O–H groups in total. The fraction of sp³-hybridized carbons (Fsp3) is 0.100. The van der Waals surface area contributed by atoms with Crippen LogP contribution in [0.2, 0.25) is 4.34 Å². The molecule has 1 aromatic carbocycles. The van der Waals surface area contributed by atoms with Gasteiger partial charge in [-0.3, -0.25) is 4.79 Å². The Morgan fingerprint density at radius 3 is 2.40 bits per heavy atom. The van der Waals surface area contributed by atoms with E-state index in [1.165, 1.54) is 27.6 Å². The van der Waals surface area contributed by atoms with E-state index in [2.05, 4.69) is 0 Å². The van der Waals surface area contributed by atoms with Crippen LogP contribution in [0.4, 0.5) is 0 Å². The molecule has 0 aliphatic heterocycles. The van der Waals surface area contributed by atoms with Crippen LogP contribution >= 0.6 is 23.1 Å². The minimum Gasteiger partial charge on any atom is -0.508 e. The zero-order valence-electron chi connectivity index (χ0n) is 7.90. The van der Waals surface area contributed by atoms with Crippen LogP contribution < -0.4 is 5.56 Å². The molecule has 2 aromatic rings. The van der Waals surface area contributed by atoms with Gasteiger partial charge in [-0.2, -0.15) is 0 Å². The van der Waals surface area contributed by atoms with E-state index in [1.54, 1.807) is 19.1 Å². The molecule has 1 aromatic heterocycles. The van der Waals surface area contributed by atoms with E-state index >= 15 is 0 Å². The summed E-state index contributed by atoms with van der Waals surface area (Å²) in [6, 6.07) is 6.40. The molecule has 0 fully saturated rings. The molecule has 3 nitrogen and oxygen atoms in total. The molecular weight excluding hydrogens is 234 g/mol. The van der Waals surface area contributed by atoms with Crippen molar-refractivity contribution >= 4 is 23.1 Å². The Balaban J connectivity index is 2.59. The molecule has 0 saturated heterocycles. The van der Waals surface area contributed by atoms with Crippen LogP contribution in [-0.2, 0) is 0 Å². The predicted octanol–water partition coefficient (Wildman–Crippen LogP) is 2.57. The summed E-state index contributed by atoms with van der Waals surface area (Å²) in [4.78, 5) is 11.7. The zero-order chi connectivity index (χ0) is 11.0. The van der Waals surface area contributed by atoms with Gasteiger partial charge in [0, 0.05) is 5.56 Å². The van der Waals surface area contributed by atoms with Crippen LogP contribution in [0, 0.1) is 6.92 Å². The number of nitrogens with zero attached hydrogens (tertiary/aromatic N) is 1. The molecule has 5 heteroatoms. The minimum atomic E-state index is -0.115. The van der Waals surface area contributed by atoms with Crippen molar-refractivity contribution in [2.45, 2.75) is 6.92 Å². The summed E-state index contributed by atoms with van der Waals surface area (Å²) < 4.78 is 1.99. The maximum Gasteiger partial charge on any atom is 0.269 e. The van der Waals surface area contributed by atoms with Crippen LogP contribution in [-0.4, -0.2) is 9.06 Å². The smallest absolute Gasteiger partial charge is 0.269 e. The quantitative estimate of drug-likeness (QED) is 0.834. The molecule has 0 aliphatic carbocycles. The van der Waals surface area contributed by atoms with Crippen molar-refractivity contribution in [3.8, 4) is 11.4 Å². The SMILES string of the molecule is Cc1c(Cl)sn(-c2ccc(O)cc2)c1=O. The molecule has 0 amide bonds. The number of phenolic OH excluding ortho intramolecular Hbond substituents is 1. The molecule has 0 bridgehead atoms. The van der Waals surface area contributed by atoms with Crippen molar-refractivity contribution in [2.24, 2.45) is 0 Å². The summed E-state index contributed by atoms with van der Waals surface area (Å²) in [5.74, 6) is 0.172. The largest absolute Gasteiger partial charge is 0.508 e. The second-order valence-corrected chi connectivity index (χ2v) is 4.66. The molecule has 0 aliphatic rings. The van der Waals surface area contributed by atoms with E-state index in [-0.39, 0.29) is 11.3 Å². The number of aromatic hydroxyl groups is 1. The number of halogens is 1. The van der Waals surface area contributed by atoms with Crippen molar-refractivity contribution in [1.82, 2.24) is 3.96 Å². The molecule has 1 heterocycles. The van der Waals surface area contributed by atoms with Crippen molar-refractivity contribution in [3.05, 3.63) is 44.5 Å². The van der Waals surface area contributed by atoms with Gasteiger partial charge in [-0.25, -0.2) is 3.96 Å².